The van der Waals surface area contributed by atoms with Gasteiger partial charge in [0.25, 0.3) is 0 Å². The first-order valence-corrected chi connectivity index (χ1v) is 7.76. The van der Waals surface area contributed by atoms with Crippen LogP contribution < -0.4 is 5.32 Å². The van der Waals surface area contributed by atoms with Crippen molar-refractivity contribution in [1.82, 2.24) is 5.32 Å². The van der Waals surface area contributed by atoms with Gasteiger partial charge in [-0.25, -0.2) is 4.79 Å². The molecule has 1 spiro atoms. The zero-order valence-electron chi connectivity index (χ0n) is 13.6. The molecule has 0 unspecified atom stereocenters. The van der Waals surface area contributed by atoms with Crippen LogP contribution in [-0.4, -0.2) is 30.3 Å². The minimum Gasteiger partial charge on any atom is -0.469 e. The summed E-state index contributed by atoms with van der Waals surface area (Å²) in [5.41, 5.74) is -0.395. The topological polar surface area (TPSA) is 64.6 Å². The first kappa shape index (κ1) is 16.1. The number of rotatable bonds is 4. The SMILES string of the molecule is COC(=O)CCC1(NC(=O)OC(C)(C)C)CC2(CCC2)C1. The number of amides is 1. The van der Waals surface area contributed by atoms with Crippen LogP contribution in [0.15, 0.2) is 0 Å². The van der Waals surface area contributed by atoms with Crippen LogP contribution in [-0.2, 0) is 14.3 Å². The normalized spacial score (nSPS) is 21.9. The van der Waals surface area contributed by atoms with E-state index in [-0.39, 0.29) is 17.6 Å². The van der Waals surface area contributed by atoms with Crippen molar-refractivity contribution in [1.29, 1.82) is 0 Å². The number of esters is 1. The molecule has 2 fully saturated rings. The van der Waals surface area contributed by atoms with E-state index in [1.54, 1.807) is 0 Å². The van der Waals surface area contributed by atoms with Crippen LogP contribution in [0.1, 0.15) is 65.7 Å². The van der Waals surface area contributed by atoms with E-state index >= 15 is 0 Å². The number of ether oxygens (including phenoxy) is 2. The predicted molar refractivity (Wildman–Crippen MR) is 78.9 cm³/mol. The maximum Gasteiger partial charge on any atom is 0.408 e. The molecule has 2 aliphatic carbocycles. The molecule has 2 aliphatic rings. The van der Waals surface area contributed by atoms with Crippen molar-refractivity contribution < 1.29 is 19.1 Å². The van der Waals surface area contributed by atoms with Crippen LogP contribution in [0.2, 0.25) is 0 Å². The molecular formula is C16H27NO4. The Morgan fingerprint density at radius 2 is 1.81 bits per heavy atom. The fourth-order valence-corrected chi connectivity index (χ4v) is 3.71. The second kappa shape index (κ2) is 5.50. The molecule has 2 saturated carbocycles. The van der Waals surface area contributed by atoms with Crippen LogP contribution in [0.25, 0.3) is 0 Å². The summed E-state index contributed by atoms with van der Waals surface area (Å²) in [7, 11) is 1.39. The second-order valence-corrected chi connectivity index (χ2v) is 7.69. The summed E-state index contributed by atoms with van der Waals surface area (Å²) in [4.78, 5) is 23.4. The number of hydrogen-bond donors (Lipinski definition) is 1. The van der Waals surface area contributed by atoms with E-state index in [2.05, 4.69) is 5.32 Å². The smallest absolute Gasteiger partial charge is 0.408 e. The standard InChI is InChI=1S/C16H27NO4/c1-14(2,3)21-13(19)17-16(9-6-12(18)20-4)10-15(11-16)7-5-8-15/h5-11H2,1-4H3,(H,17,19). The van der Waals surface area contributed by atoms with Gasteiger partial charge in [0.2, 0.25) is 0 Å². The average molecular weight is 297 g/mol. The maximum atomic E-state index is 12.0. The number of methoxy groups -OCH3 is 1. The molecule has 0 bridgehead atoms. The summed E-state index contributed by atoms with van der Waals surface area (Å²) in [5, 5.41) is 3.02. The van der Waals surface area contributed by atoms with E-state index in [4.69, 9.17) is 9.47 Å². The van der Waals surface area contributed by atoms with Gasteiger partial charge >= 0.3 is 12.1 Å². The first-order chi connectivity index (χ1) is 9.68. The third-order valence-electron chi connectivity index (χ3n) is 4.64. The highest BCUT2D eigenvalue weighted by Gasteiger charge is 2.57. The summed E-state index contributed by atoms with van der Waals surface area (Å²) >= 11 is 0. The largest absolute Gasteiger partial charge is 0.469 e. The van der Waals surface area contributed by atoms with Gasteiger partial charge < -0.3 is 14.8 Å². The van der Waals surface area contributed by atoms with Crippen molar-refractivity contribution >= 4 is 12.1 Å². The van der Waals surface area contributed by atoms with E-state index in [1.807, 2.05) is 20.8 Å². The highest BCUT2D eigenvalue weighted by Crippen LogP contribution is 2.61. The molecule has 21 heavy (non-hydrogen) atoms. The molecule has 0 saturated heterocycles. The maximum absolute atomic E-state index is 12.0. The molecule has 1 N–H and O–H groups in total. The molecule has 0 aliphatic heterocycles. The van der Waals surface area contributed by atoms with Gasteiger partial charge in [0.1, 0.15) is 5.60 Å². The summed E-state index contributed by atoms with van der Waals surface area (Å²) in [5.74, 6) is -0.227. The van der Waals surface area contributed by atoms with Crippen LogP contribution in [0.5, 0.6) is 0 Å². The van der Waals surface area contributed by atoms with Crippen LogP contribution in [0, 0.1) is 5.41 Å². The van der Waals surface area contributed by atoms with Gasteiger partial charge in [-0.15, -0.1) is 0 Å². The quantitative estimate of drug-likeness (QED) is 0.809. The van der Waals surface area contributed by atoms with Gasteiger partial charge in [0.05, 0.1) is 7.11 Å². The van der Waals surface area contributed by atoms with E-state index in [0.717, 1.165) is 12.8 Å². The van der Waals surface area contributed by atoms with Crippen LogP contribution >= 0.6 is 0 Å². The zero-order valence-corrected chi connectivity index (χ0v) is 13.6. The van der Waals surface area contributed by atoms with Gasteiger partial charge in [0, 0.05) is 12.0 Å². The highest BCUT2D eigenvalue weighted by molar-refractivity contribution is 5.71. The molecule has 120 valence electrons. The van der Waals surface area contributed by atoms with Crippen LogP contribution in [0.4, 0.5) is 4.79 Å². The third kappa shape index (κ3) is 3.89. The van der Waals surface area contributed by atoms with Gasteiger partial charge in [-0.05, 0) is 58.3 Å². The molecular weight excluding hydrogens is 270 g/mol. The Hall–Kier alpha value is -1.26. The van der Waals surface area contributed by atoms with E-state index < -0.39 is 5.60 Å². The molecule has 0 heterocycles. The summed E-state index contributed by atoms with van der Waals surface area (Å²) in [6.45, 7) is 5.55. The van der Waals surface area contributed by atoms with Crippen molar-refractivity contribution in [3.05, 3.63) is 0 Å². The van der Waals surface area contributed by atoms with Gasteiger partial charge in [0.15, 0.2) is 0 Å². The fraction of sp³-hybridized carbons (Fsp3) is 0.875. The number of alkyl carbamates (subject to hydrolysis) is 1. The monoisotopic (exact) mass is 297 g/mol. The summed E-state index contributed by atoms with van der Waals surface area (Å²) < 4.78 is 10.1. The molecule has 1 amide bonds. The van der Waals surface area contributed by atoms with Gasteiger partial charge in [-0.2, -0.15) is 0 Å². The Morgan fingerprint density at radius 1 is 1.19 bits per heavy atom. The lowest BCUT2D eigenvalue weighted by Gasteiger charge is -2.61. The molecule has 5 heteroatoms. The Bertz CT molecular complexity index is 412. The summed E-state index contributed by atoms with van der Waals surface area (Å²) in [6.07, 6.45) is 6.24. The van der Waals surface area contributed by atoms with E-state index in [0.29, 0.717) is 18.3 Å². The van der Waals surface area contributed by atoms with Gasteiger partial charge in [-0.3, -0.25) is 4.79 Å². The molecule has 0 aromatic carbocycles. The molecule has 2 rings (SSSR count). The number of nitrogens with one attached hydrogen (secondary N) is 1. The zero-order chi connectivity index (χ0) is 15.7. The summed E-state index contributed by atoms with van der Waals surface area (Å²) in [6, 6.07) is 0. The Balaban J connectivity index is 1.93. The minimum absolute atomic E-state index is 0.227. The molecule has 0 aromatic rings. The Morgan fingerprint density at radius 3 is 2.24 bits per heavy atom. The number of hydrogen-bond acceptors (Lipinski definition) is 4. The molecule has 0 aromatic heterocycles. The van der Waals surface area contributed by atoms with Crippen molar-refractivity contribution in [2.75, 3.05) is 7.11 Å². The minimum atomic E-state index is -0.508. The number of carbonyl (C=O) groups excluding carboxylic acids is 2. The van der Waals surface area contributed by atoms with Crippen molar-refractivity contribution in [2.24, 2.45) is 5.41 Å². The van der Waals surface area contributed by atoms with Crippen molar-refractivity contribution in [3.8, 4) is 0 Å². The first-order valence-electron chi connectivity index (χ1n) is 7.76. The number of carbonyl (C=O) groups is 2. The lowest BCUT2D eigenvalue weighted by Crippen LogP contribution is -2.64. The van der Waals surface area contributed by atoms with Crippen molar-refractivity contribution in [2.45, 2.75) is 76.9 Å². The lowest BCUT2D eigenvalue weighted by molar-refractivity contribution is -0.142. The Kier molecular flexibility index (Phi) is 4.22. The van der Waals surface area contributed by atoms with Gasteiger partial charge in [-0.1, -0.05) is 6.42 Å². The molecule has 0 atom stereocenters. The second-order valence-electron chi connectivity index (χ2n) is 7.69. The Labute approximate surface area is 126 Å². The third-order valence-corrected chi connectivity index (χ3v) is 4.64. The highest BCUT2D eigenvalue weighted by atomic mass is 16.6. The fourth-order valence-electron chi connectivity index (χ4n) is 3.71. The van der Waals surface area contributed by atoms with E-state index in [1.165, 1.54) is 26.4 Å². The molecule has 0 radical (unpaired) electrons. The predicted octanol–water partition coefficient (Wildman–Crippen LogP) is 3.17. The lowest BCUT2D eigenvalue weighted by atomic mass is 9.47. The molecule has 5 nitrogen and oxygen atoms in total. The average Bonchev–Trinajstić information content (AvgIpc) is 2.26. The van der Waals surface area contributed by atoms with Crippen molar-refractivity contribution in [3.63, 3.8) is 0 Å². The van der Waals surface area contributed by atoms with E-state index in [9.17, 15) is 9.59 Å². The van der Waals surface area contributed by atoms with Crippen LogP contribution in [0.3, 0.4) is 0 Å².